The van der Waals surface area contributed by atoms with Crippen LogP contribution in [0.4, 0.5) is 26.3 Å². The maximum atomic E-state index is 13.5. The number of hydrogen-bond donors (Lipinski definition) is 0. The van der Waals surface area contributed by atoms with Crippen LogP contribution >= 0.6 is 0 Å². The lowest BCUT2D eigenvalue weighted by Gasteiger charge is -2.21. The highest BCUT2D eigenvalue weighted by Crippen LogP contribution is 2.48. The van der Waals surface area contributed by atoms with Crippen LogP contribution in [0.15, 0.2) is 84.9 Å². The molecule has 6 bridgehead atoms. The molecule has 240 valence electrons. The Morgan fingerprint density at radius 3 is 1.22 bits per heavy atom. The van der Waals surface area contributed by atoms with Gasteiger partial charge in [0.05, 0.1) is 0 Å². The molecule has 7 rings (SSSR count). The zero-order valence-electron chi connectivity index (χ0n) is 22.8. The van der Waals surface area contributed by atoms with Gasteiger partial charge in [0.15, 0.2) is 11.5 Å². The van der Waals surface area contributed by atoms with Crippen LogP contribution in [0.2, 0.25) is 0 Å². The van der Waals surface area contributed by atoms with E-state index in [1.54, 1.807) is 24.3 Å². The number of halogens is 6. The maximum Gasteiger partial charge on any atom is 0.534 e. The van der Waals surface area contributed by atoms with E-state index >= 15 is 0 Å². The molecule has 0 fully saturated rings. The lowest BCUT2D eigenvalue weighted by Crippen LogP contribution is -2.28. The summed E-state index contributed by atoms with van der Waals surface area (Å²) in [6.45, 7) is 0.0425. The van der Waals surface area contributed by atoms with E-state index in [2.05, 4.69) is 8.37 Å². The first-order chi connectivity index (χ1) is 21.5. The van der Waals surface area contributed by atoms with Gasteiger partial charge in [0.2, 0.25) is 0 Å². The summed E-state index contributed by atoms with van der Waals surface area (Å²) >= 11 is 0. The molecule has 46 heavy (non-hydrogen) atoms. The Morgan fingerprint density at radius 2 is 0.870 bits per heavy atom. The summed E-state index contributed by atoms with van der Waals surface area (Å²) in [4.78, 5) is 0. The quantitative estimate of drug-likeness (QED) is 0.108. The van der Waals surface area contributed by atoms with Crippen molar-refractivity contribution in [2.75, 3.05) is 0 Å². The van der Waals surface area contributed by atoms with Gasteiger partial charge in [-0.25, -0.2) is 0 Å². The first-order valence-electron chi connectivity index (χ1n) is 13.0. The van der Waals surface area contributed by atoms with Gasteiger partial charge < -0.3 is 17.8 Å². The molecule has 0 unspecified atom stereocenters. The highest BCUT2D eigenvalue weighted by atomic mass is 32.2. The molecule has 0 spiro atoms. The van der Waals surface area contributed by atoms with Crippen molar-refractivity contribution in [3.05, 3.63) is 96.1 Å². The van der Waals surface area contributed by atoms with E-state index in [0.717, 1.165) is 23.3 Å². The van der Waals surface area contributed by atoms with Crippen LogP contribution in [0, 0.1) is 0 Å². The second kappa shape index (κ2) is 11.0. The van der Waals surface area contributed by atoms with Crippen molar-refractivity contribution >= 4 is 41.8 Å². The number of alkyl halides is 6. The van der Waals surface area contributed by atoms with Crippen molar-refractivity contribution in [2.24, 2.45) is 0 Å². The molecule has 0 aliphatic carbocycles. The van der Waals surface area contributed by atoms with E-state index in [-0.39, 0.29) is 46.3 Å². The lowest BCUT2D eigenvalue weighted by molar-refractivity contribution is -0.0505. The fourth-order valence-electron chi connectivity index (χ4n) is 4.79. The minimum absolute atomic E-state index is 0.0213. The molecule has 2 heterocycles. The van der Waals surface area contributed by atoms with Gasteiger partial charge >= 0.3 is 31.3 Å². The minimum atomic E-state index is -6.33. The monoisotopic (exact) mass is 684 g/mol. The molecule has 0 saturated heterocycles. The largest absolute Gasteiger partial charge is 0.534 e. The van der Waals surface area contributed by atoms with Crippen molar-refractivity contribution in [1.29, 1.82) is 0 Å². The Balaban J connectivity index is 1.73. The van der Waals surface area contributed by atoms with Crippen molar-refractivity contribution in [2.45, 2.75) is 24.2 Å². The first kappa shape index (κ1) is 31.3. The molecule has 0 saturated carbocycles. The summed E-state index contributed by atoms with van der Waals surface area (Å²) in [5.74, 6) is -1.69. The van der Waals surface area contributed by atoms with Crippen molar-refractivity contribution in [3.8, 4) is 34.1 Å². The Hall–Kier alpha value is -4.70. The molecule has 0 amide bonds. The number of hydrogen-bond acceptors (Lipinski definition) is 8. The van der Waals surface area contributed by atoms with Gasteiger partial charge in [-0.1, -0.05) is 48.5 Å². The minimum Gasteiger partial charge on any atom is -0.489 e. The Morgan fingerprint density at radius 1 is 0.522 bits per heavy atom. The van der Waals surface area contributed by atoms with E-state index in [0.29, 0.717) is 0 Å². The van der Waals surface area contributed by atoms with Crippen LogP contribution in [0.5, 0.6) is 23.0 Å². The van der Waals surface area contributed by atoms with Gasteiger partial charge in [-0.3, -0.25) is 0 Å². The van der Waals surface area contributed by atoms with Crippen molar-refractivity contribution < 1.29 is 61.0 Å². The van der Waals surface area contributed by atoms with E-state index < -0.39 is 53.9 Å². The first-order valence-corrected chi connectivity index (χ1v) is 15.8. The molecule has 5 aromatic rings. The molecule has 0 atom stereocenters. The summed E-state index contributed by atoms with van der Waals surface area (Å²) in [7, 11) is -12.7. The van der Waals surface area contributed by atoms with E-state index in [1.165, 1.54) is 48.5 Å². The molecule has 8 nitrogen and oxygen atoms in total. The Kier molecular flexibility index (Phi) is 7.47. The van der Waals surface area contributed by atoms with Crippen molar-refractivity contribution in [1.82, 2.24) is 0 Å². The average molecular weight is 685 g/mol. The molecular weight excluding hydrogens is 666 g/mol. The van der Waals surface area contributed by atoms with Crippen LogP contribution in [0.25, 0.3) is 32.7 Å². The standard InChI is InChI=1S/C30H18F6O8S2/c31-29(32,33)45(37,38)43-25-11-7-19-5-9-21-13-23(19)27(25)28-24-14-22(42-16-18-2-1-17(3-4-18)15-41-21)10-6-20(24)8-12-26(28)44-46(39,40)30(34,35)36/h1-14H,15-16H2. The molecule has 2 aliphatic rings. The molecule has 2 aliphatic heterocycles. The highest BCUT2D eigenvalue weighted by molar-refractivity contribution is 7.88. The molecule has 0 radical (unpaired) electrons. The second-order valence-electron chi connectivity index (χ2n) is 10.0. The predicted molar refractivity (Wildman–Crippen MR) is 153 cm³/mol. The lowest BCUT2D eigenvalue weighted by atomic mass is 9.92. The second-order valence-corrected chi connectivity index (χ2v) is 13.1. The molecular formula is C30H18F6O8S2. The molecule has 5 aromatic carbocycles. The molecule has 0 aromatic heterocycles. The maximum absolute atomic E-state index is 13.5. The van der Waals surface area contributed by atoms with Gasteiger partial charge in [-0.15, -0.1) is 0 Å². The van der Waals surface area contributed by atoms with Crippen LogP contribution in [-0.4, -0.2) is 27.9 Å². The van der Waals surface area contributed by atoms with Crippen molar-refractivity contribution in [3.63, 3.8) is 0 Å². The number of fused-ring (bicyclic) bond motifs is 4. The zero-order chi connectivity index (χ0) is 33.1. The SMILES string of the molecule is O=S(=O)(Oc1ccc2ccc3cc2c1-c1c(OS(=O)(=O)C(F)(F)F)ccc2ccc(cc12)OCc1ccc(cc1)CO3)C(F)(F)F. The Labute approximate surface area is 256 Å². The van der Waals surface area contributed by atoms with E-state index in [4.69, 9.17) is 9.47 Å². The van der Waals surface area contributed by atoms with Crippen LogP contribution in [0.3, 0.4) is 0 Å². The fourth-order valence-corrected chi connectivity index (χ4v) is 5.73. The van der Waals surface area contributed by atoms with Gasteiger partial charge in [0.25, 0.3) is 0 Å². The summed E-state index contributed by atoms with van der Waals surface area (Å²) < 4.78 is 151. The molecule has 0 N–H and O–H groups in total. The van der Waals surface area contributed by atoms with Gasteiger partial charge in [-0.05, 0) is 69.1 Å². The number of rotatable bonds is 4. The van der Waals surface area contributed by atoms with Gasteiger partial charge in [0.1, 0.15) is 24.7 Å². The van der Waals surface area contributed by atoms with Gasteiger partial charge in [0, 0.05) is 11.1 Å². The summed E-state index contributed by atoms with van der Waals surface area (Å²) in [5, 5.41) is 0.364. The predicted octanol–water partition coefficient (Wildman–Crippen LogP) is 7.59. The summed E-state index contributed by atoms with van der Waals surface area (Å²) in [6, 6.07) is 19.9. The van der Waals surface area contributed by atoms with E-state index in [1.807, 2.05) is 0 Å². The average Bonchev–Trinajstić information content (AvgIpc) is 2.97. The normalized spacial score (nSPS) is 14.0. The topological polar surface area (TPSA) is 105 Å². The third kappa shape index (κ3) is 5.85. The fraction of sp³-hybridized carbons (Fsp3) is 0.133. The highest BCUT2D eigenvalue weighted by Gasteiger charge is 2.50. The summed E-state index contributed by atoms with van der Waals surface area (Å²) in [6.07, 6.45) is 0. The zero-order valence-corrected chi connectivity index (χ0v) is 24.5. The third-order valence-corrected chi connectivity index (χ3v) is 8.89. The van der Waals surface area contributed by atoms with E-state index in [9.17, 15) is 43.2 Å². The smallest absolute Gasteiger partial charge is 0.489 e. The Bertz CT molecular complexity index is 2060. The third-order valence-electron chi connectivity index (χ3n) is 6.96. The molecule has 16 heteroatoms. The van der Waals surface area contributed by atoms with Crippen LogP contribution in [-0.2, 0) is 33.5 Å². The summed E-state index contributed by atoms with van der Waals surface area (Å²) in [5.41, 5.74) is -11.4. The number of ether oxygens (including phenoxy) is 2. The van der Waals surface area contributed by atoms with Gasteiger partial charge in [-0.2, -0.15) is 43.2 Å². The number of benzene rings is 5. The van der Waals surface area contributed by atoms with Crippen LogP contribution < -0.4 is 17.8 Å². The van der Waals surface area contributed by atoms with Crippen LogP contribution in [0.1, 0.15) is 11.1 Å².